The van der Waals surface area contributed by atoms with E-state index in [1.54, 1.807) is 17.0 Å². The summed E-state index contributed by atoms with van der Waals surface area (Å²) in [5.74, 6) is -0.108. The molecule has 39 heavy (non-hydrogen) atoms. The molecule has 0 unspecified atom stereocenters. The van der Waals surface area contributed by atoms with Gasteiger partial charge < -0.3 is 15.6 Å². The number of nitrogens with zero attached hydrogens (tertiary/aromatic N) is 2. The second-order valence-electron chi connectivity index (χ2n) is 9.63. The lowest BCUT2D eigenvalue weighted by Gasteiger charge is -2.34. The molecule has 0 atom stereocenters. The fourth-order valence-corrected chi connectivity index (χ4v) is 6.58. The maximum absolute atomic E-state index is 13.6. The van der Waals surface area contributed by atoms with Crippen LogP contribution >= 0.6 is 0 Å². The lowest BCUT2D eigenvalue weighted by molar-refractivity contribution is 0.0698. The number of carbonyl (C=O) groups is 1. The van der Waals surface area contributed by atoms with Crippen LogP contribution in [-0.2, 0) is 10.0 Å². The average molecular weight is 537 g/mol. The van der Waals surface area contributed by atoms with Crippen LogP contribution in [0.2, 0.25) is 0 Å². The van der Waals surface area contributed by atoms with Crippen molar-refractivity contribution in [3.8, 4) is 22.4 Å². The average Bonchev–Trinajstić information content (AvgIpc) is 3.37. The molecule has 4 aromatic carbocycles. The minimum absolute atomic E-state index is 0.108. The van der Waals surface area contributed by atoms with Crippen LogP contribution in [0, 0.1) is 0 Å². The maximum atomic E-state index is 13.6. The normalized spacial score (nSPS) is 14.5. The quantitative estimate of drug-likeness (QED) is 0.301. The number of nitrogens with one attached hydrogen (secondary N) is 1. The van der Waals surface area contributed by atoms with E-state index in [2.05, 4.69) is 29.2 Å². The van der Waals surface area contributed by atoms with Crippen molar-refractivity contribution in [1.82, 2.24) is 14.2 Å². The largest absolute Gasteiger partial charge is 0.399 e. The molecular formula is C31H28N4O3S. The molecule has 0 radical (unpaired) electrons. The summed E-state index contributed by atoms with van der Waals surface area (Å²) in [6, 6.07) is 32.2. The highest BCUT2D eigenvalue weighted by atomic mass is 32.2. The van der Waals surface area contributed by atoms with Gasteiger partial charge in [-0.05, 0) is 53.6 Å². The molecule has 0 bridgehead atoms. The van der Waals surface area contributed by atoms with Gasteiger partial charge in [-0.15, -0.1) is 0 Å². The Morgan fingerprint density at radius 3 is 2.00 bits per heavy atom. The Labute approximate surface area is 227 Å². The van der Waals surface area contributed by atoms with Gasteiger partial charge in [-0.2, -0.15) is 4.31 Å². The van der Waals surface area contributed by atoms with Crippen molar-refractivity contribution in [2.45, 2.75) is 4.90 Å². The Morgan fingerprint density at radius 1 is 0.744 bits per heavy atom. The molecule has 1 aromatic heterocycles. The third kappa shape index (κ3) is 4.69. The van der Waals surface area contributed by atoms with E-state index in [0.717, 1.165) is 33.3 Å². The summed E-state index contributed by atoms with van der Waals surface area (Å²) in [4.78, 5) is 19.1. The topological polar surface area (TPSA) is 99.5 Å². The van der Waals surface area contributed by atoms with Gasteiger partial charge in [-0.25, -0.2) is 8.42 Å². The Morgan fingerprint density at radius 2 is 1.36 bits per heavy atom. The summed E-state index contributed by atoms with van der Waals surface area (Å²) in [6.07, 6.45) is 0. The molecule has 7 nitrogen and oxygen atoms in total. The van der Waals surface area contributed by atoms with Gasteiger partial charge in [0.05, 0.1) is 10.6 Å². The summed E-state index contributed by atoms with van der Waals surface area (Å²) in [5.41, 5.74) is 11.9. The number of aromatic nitrogens is 1. The molecule has 0 aliphatic carbocycles. The van der Waals surface area contributed by atoms with Crippen LogP contribution in [0.15, 0.2) is 108 Å². The van der Waals surface area contributed by atoms with E-state index in [4.69, 9.17) is 5.73 Å². The summed E-state index contributed by atoms with van der Waals surface area (Å²) in [6.45, 7) is 1.11. The number of hydrogen-bond acceptors (Lipinski definition) is 4. The highest BCUT2D eigenvalue weighted by molar-refractivity contribution is 7.89. The van der Waals surface area contributed by atoms with Crippen LogP contribution in [0.1, 0.15) is 10.4 Å². The number of fused-ring (bicyclic) bond motifs is 1. The molecular weight excluding hydrogens is 508 g/mol. The van der Waals surface area contributed by atoms with Gasteiger partial charge in [-0.3, -0.25) is 4.79 Å². The van der Waals surface area contributed by atoms with Crippen molar-refractivity contribution in [3.05, 3.63) is 109 Å². The molecule has 0 saturated carbocycles. The molecule has 1 aliphatic rings. The van der Waals surface area contributed by atoms with Crippen LogP contribution in [-0.4, -0.2) is 54.7 Å². The van der Waals surface area contributed by atoms with Crippen molar-refractivity contribution < 1.29 is 13.2 Å². The highest BCUT2D eigenvalue weighted by Gasteiger charge is 2.30. The smallest absolute Gasteiger partial charge is 0.253 e. The Bertz CT molecular complexity index is 1740. The van der Waals surface area contributed by atoms with E-state index in [1.807, 2.05) is 54.6 Å². The number of carbonyl (C=O) groups excluding carboxylic acids is 1. The first-order valence-electron chi connectivity index (χ1n) is 12.8. The molecule has 8 heteroatoms. The number of amides is 1. The van der Waals surface area contributed by atoms with Crippen molar-refractivity contribution in [3.63, 3.8) is 0 Å². The first-order valence-corrected chi connectivity index (χ1v) is 14.3. The highest BCUT2D eigenvalue weighted by Crippen LogP contribution is 2.38. The predicted molar refractivity (Wildman–Crippen MR) is 155 cm³/mol. The molecule has 0 spiro atoms. The molecule has 1 saturated heterocycles. The van der Waals surface area contributed by atoms with Crippen molar-refractivity contribution in [2.24, 2.45) is 0 Å². The number of rotatable bonds is 5. The number of piperazine rings is 1. The zero-order valence-corrected chi connectivity index (χ0v) is 22.1. The third-order valence-electron chi connectivity index (χ3n) is 7.21. The summed E-state index contributed by atoms with van der Waals surface area (Å²) in [5, 5.41) is 0.968. The van der Waals surface area contributed by atoms with Crippen LogP contribution < -0.4 is 5.73 Å². The lowest BCUT2D eigenvalue weighted by atomic mass is 9.97. The molecule has 1 fully saturated rings. The summed E-state index contributed by atoms with van der Waals surface area (Å²) < 4.78 is 27.6. The molecule has 3 N–H and O–H groups in total. The number of nitrogens with two attached hydrogens (primary N) is 1. The first kappa shape index (κ1) is 24.9. The van der Waals surface area contributed by atoms with Crippen molar-refractivity contribution >= 4 is 32.5 Å². The standard InChI is InChI=1S/C31H28N4O3S/c32-25-12-14-26(15-13-25)39(37,38)35-19-17-34(18-20-35)31(36)24-11-16-28-27(21-24)29(22-7-3-1-4-8-22)30(33-28)23-9-5-2-6-10-23/h1-16,21,33H,17-20,32H2. The first-order chi connectivity index (χ1) is 18.9. The van der Waals surface area contributed by atoms with Gasteiger partial charge in [0.2, 0.25) is 10.0 Å². The van der Waals surface area contributed by atoms with Crippen LogP contribution in [0.4, 0.5) is 5.69 Å². The van der Waals surface area contributed by atoms with Gasteiger partial charge in [0.1, 0.15) is 0 Å². The van der Waals surface area contributed by atoms with Gasteiger partial charge in [0.15, 0.2) is 0 Å². The minimum Gasteiger partial charge on any atom is -0.399 e. The molecule has 1 amide bonds. The Balaban J connectivity index is 1.29. The van der Waals surface area contributed by atoms with E-state index in [9.17, 15) is 13.2 Å². The predicted octanol–water partition coefficient (Wildman–Crippen LogP) is 5.23. The number of benzene rings is 4. The van der Waals surface area contributed by atoms with Gasteiger partial charge in [0, 0.05) is 53.9 Å². The van der Waals surface area contributed by atoms with Crippen molar-refractivity contribution in [2.75, 3.05) is 31.9 Å². The van der Waals surface area contributed by atoms with E-state index in [-0.39, 0.29) is 23.9 Å². The number of aromatic amines is 1. The number of anilines is 1. The second-order valence-corrected chi connectivity index (χ2v) is 11.6. The number of sulfonamides is 1. The Kier molecular flexibility index (Phi) is 6.42. The monoisotopic (exact) mass is 536 g/mol. The fraction of sp³-hybridized carbons (Fsp3) is 0.129. The molecule has 2 heterocycles. The zero-order valence-electron chi connectivity index (χ0n) is 21.2. The van der Waals surface area contributed by atoms with E-state index in [1.165, 1.54) is 16.4 Å². The molecule has 1 aliphatic heterocycles. The van der Waals surface area contributed by atoms with Crippen molar-refractivity contribution in [1.29, 1.82) is 0 Å². The zero-order chi connectivity index (χ0) is 27.0. The fourth-order valence-electron chi connectivity index (χ4n) is 5.15. The van der Waals surface area contributed by atoms with Crippen LogP contribution in [0.5, 0.6) is 0 Å². The van der Waals surface area contributed by atoms with E-state index in [0.29, 0.717) is 24.3 Å². The Hall–Kier alpha value is -4.40. The van der Waals surface area contributed by atoms with E-state index >= 15 is 0 Å². The van der Waals surface area contributed by atoms with Gasteiger partial charge in [0.25, 0.3) is 5.91 Å². The summed E-state index contributed by atoms with van der Waals surface area (Å²) in [7, 11) is -3.65. The molecule has 6 rings (SSSR count). The van der Waals surface area contributed by atoms with E-state index < -0.39 is 10.0 Å². The summed E-state index contributed by atoms with van der Waals surface area (Å²) >= 11 is 0. The second kappa shape index (κ2) is 10.1. The maximum Gasteiger partial charge on any atom is 0.253 e. The van der Waals surface area contributed by atoms with Crippen LogP contribution in [0.3, 0.4) is 0 Å². The molecule has 5 aromatic rings. The van der Waals surface area contributed by atoms with Gasteiger partial charge >= 0.3 is 0 Å². The third-order valence-corrected chi connectivity index (χ3v) is 9.13. The number of H-pyrrole nitrogens is 1. The number of nitrogen functional groups attached to an aromatic ring is 1. The van der Waals surface area contributed by atoms with Crippen LogP contribution in [0.25, 0.3) is 33.3 Å². The lowest BCUT2D eigenvalue weighted by Crippen LogP contribution is -2.50. The molecule has 196 valence electrons. The minimum atomic E-state index is -3.65. The number of hydrogen-bond donors (Lipinski definition) is 2. The SMILES string of the molecule is Nc1ccc(S(=O)(=O)N2CCN(C(=O)c3ccc4[nH]c(-c5ccccc5)c(-c5ccccc5)c4c3)CC2)cc1. The van der Waals surface area contributed by atoms with Gasteiger partial charge in [-0.1, -0.05) is 60.7 Å².